The maximum Gasteiger partial charge on any atom is 0.328 e. The first-order chi connectivity index (χ1) is 7.24. The van der Waals surface area contributed by atoms with Gasteiger partial charge in [-0.3, -0.25) is 10.7 Å². The van der Waals surface area contributed by atoms with Crippen LogP contribution in [0.4, 0.5) is 5.69 Å². The quantitative estimate of drug-likeness (QED) is 0.528. The summed E-state index contributed by atoms with van der Waals surface area (Å²) in [5.74, 6) is -1.02. The molecule has 0 saturated heterocycles. The van der Waals surface area contributed by atoms with Crippen LogP contribution >= 0.6 is 0 Å². The van der Waals surface area contributed by atoms with Crippen LogP contribution in [-0.2, 0) is 4.79 Å². The third-order valence-electron chi connectivity index (χ3n) is 1.49. The molecule has 15 heavy (non-hydrogen) atoms. The summed E-state index contributed by atoms with van der Waals surface area (Å²) in [4.78, 5) is 10.2. The molecule has 0 aliphatic heterocycles. The van der Waals surface area contributed by atoms with Crippen molar-refractivity contribution in [2.24, 2.45) is 0 Å². The molecule has 4 heteroatoms. The molecule has 0 unspecified atom stereocenters. The lowest BCUT2D eigenvalue weighted by Crippen LogP contribution is -1.92. The Morgan fingerprint density at radius 3 is 2.47 bits per heavy atom. The van der Waals surface area contributed by atoms with E-state index in [4.69, 9.17) is 10.3 Å². The fraction of sp³-hybridized carbons (Fsp3) is 0.182. The first kappa shape index (κ1) is 13.2. The second kappa shape index (κ2) is 7.58. The molecule has 0 atom stereocenters. The highest BCUT2D eigenvalue weighted by Gasteiger charge is 1.95. The SMILES string of the molecule is CC.O=C(O)/C=C/c1ccccc1NO. The highest BCUT2D eigenvalue weighted by atomic mass is 16.5. The molecule has 0 aromatic heterocycles. The first-order valence-electron chi connectivity index (χ1n) is 4.64. The van der Waals surface area contributed by atoms with E-state index in [1.54, 1.807) is 24.3 Å². The van der Waals surface area contributed by atoms with E-state index in [2.05, 4.69) is 0 Å². The van der Waals surface area contributed by atoms with E-state index in [0.717, 1.165) is 6.08 Å². The smallest absolute Gasteiger partial charge is 0.328 e. The summed E-state index contributed by atoms with van der Waals surface area (Å²) in [6.07, 6.45) is 2.41. The summed E-state index contributed by atoms with van der Waals surface area (Å²) >= 11 is 0. The highest BCUT2D eigenvalue weighted by molar-refractivity contribution is 5.86. The molecule has 1 rings (SSSR count). The molecule has 0 bridgehead atoms. The van der Waals surface area contributed by atoms with Gasteiger partial charge in [0.25, 0.3) is 0 Å². The fourth-order valence-electron chi connectivity index (χ4n) is 0.905. The van der Waals surface area contributed by atoms with Gasteiger partial charge >= 0.3 is 5.97 Å². The van der Waals surface area contributed by atoms with Crippen LogP contribution in [0.5, 0.6) is 0 Å². The number of carbonyl (C=O) groups is 1. The Morgan fingerprint density at radius 2 is 1.93 bits per heavy atom. The topological polar surface area (TPSA) is 69.6 Å². The van der Waals surface area contributed by atoms with Crippen molar-refractivity contribution in [2.75, 3.05) is 5.48 Å². The van der Waals surface area contributed by atoms with Crippen LogP contribution in [0, 0.1) is 0 Å². The number of aliphatic carboxylic acids is 1. The summed E-state index contributed by atoms with van der Waals surface area (Å²) in [6, 6.07) is 6.82. The monoisotopic (exact) mass is 209 g/mol. The van der Waals surface area contributed by atoms with E-state index in [-0.39, 0.29) is 0 Å². The molecule has 82 valence electrons. The zero-order chi connectivity index (χ0) is 11.7. The van der Waals surface area contributed by atoms with Gasteiger partial charge in [-0.1, -0.05) is 32.0 Å². The molecule has 0 amide bonds. The zero-order valence-corrected chi connectivity index (χ0v) is 8.77. The molecule has 0 aliphatic carbocycles. The lowest BCUT2D eigenvalue weighted by atomic mass is 10.1. The molecule has 4 nitrogen and oxygen atoms in total. The van der Waals surface area contributed by atoms with Gasteiger partial charge in [-0.2, -0.15) is 0 Å². The molecule has 1 aromatic rings. The van der Waals surface area contributed by atoms with Crippen molar-refractivity contribution in [3.63, 3.8) is 0 Å². The Labute approximate surface area is 88.8 Å². The van der Waals surface area contributed by atoms with Crippen LogP contribution < -0.4 is 5.48 Å². The minimum absolute atomic E-state index is 0.472. The van der Waals surface area contributed by atoms with Crippen molar-refractivity contribution in [2.45, 2.75) is 13.8 Å². The Morgan fingerprint density at radius 1 is 1.33 bits per heavy atom. The van der Waals surface area contributed by atoms with E-state index < -0.39 is 5.97 Å². The number of para-hydroxylation sites is 1. The van der Waals surface area contributed by atoms with Gasteiger partial charge in [0.1, 0.15) is 0 Å². The number of hydrogen-bond donors (Lipinski definition) is 3. The van der Waals surface area contributed by atoms with Crippen molar-refractivity contribution < 1.29 is 15.1 Å². The van der Waals surface area contributed by atoms with Gasteiger partial charge in [0.2, 0.25) is 0 Å². The van der Waals surface area contributed by atoms with Gasteiger partial charge in [-0.15, -0.1) is 0 Å². The number of carboxylic acids is 1. The van der Waals surface area contributed by atoms with Gasteiger partial charge in [0.05, 0.1) is 5.69 Å². The van der Waals surface area contributed by atoms with Crippen LogP contribution in [0.2, 0.25) is 0 Å². The van der Waals surface area contributed by atoms with Crippen molar-refractivity contribution in [3.05, 3.63) is 35.9 Å². The Bertz CT molecular complexity index is 334. The molecule has 0 radical (unpaired) electrons. The molecule has 0 heterocycles. The number of carboxylic acid groups (broad SMARTS) is 1. The van der Waals surface area contributed by atoms with Gasteiger partial charge in [0, 0.05) is 11.6 Å². The molecular formula is C11H15NO3. The number of hydrogen-bond acceptors (Lipinski definition) is 3. The average Bonchev–Trinajstić information content (AvgIpc) is 2.29. The normalized spacial score (nSPS) is 9.27. The van der Waals surface area contributed by atoms with E-state index >= 15 is 0 Å². The molecule has 1 aromatic carbocycles. The lowest BCUT2D eigenvalue weighted by molar-refractivity contribution is -0.131. The third kappa shape index (κ3) is 4.83. The van der Waals surface area contributed by atoms with Crippen LogP contribution in [-0.4, -0.2) is 16.3 Å². The minimum Gasteiger partial charge on any atom is -0.478 e. The Hall–Kier alpha value is -1.81. The van der Waals surface area contributed by atoms with Crippen LogP contribution in [0.1, 0.15) is 19.4 Å². The Kier molecular flexibility index (Phi) is 6.67. The predicted molar refractivity (Wildman–Crippen MR) is 59.9 cm³/mol. The average molecular weight is 209 g/mol. The summed E-state index contributed by atoms with van der Waals surface area (Å²) in [5.41, 5.74) is 3.07. The second-order valence-corrected chi connectivity index (χ2v) is 2.37. The van der Waals surface area contributed by atoms with Gasteiger partial charge < -0.3 is 5.11 Å². The molecule has 0 spiro atoms. The summed E-state index contributed by atoms with van der Waals surface area (Å²) < 4.78 is 0. The molecular weight excluding hydrogens is 194 g/mol. The van der Waals surface area contributed by atoms with E-state index in [0.29, 0.717) is 11.3 Å². The summed E-state index contributed by atoms with van der Waals surface area (Å²) in [5, 5.41) is 17.0. The summed E-state index contributed by atoms with van der Waals surface area (Å²) in [7, 11) is 0. The Balaban J connectivity index is 0.000000921. The number of benzene rings is 1. The minimum atomic E-state index is -1.02. The van der Waals surface area contributed by atoms with Crippen molar-refractivity contribution in [1.82, 2.24) is 0 Å². The maximum atomic E-state index is 10.2. The van der Waals surface area contributed by atoms with Gasteiger partial charge in [-0.25, -0.2) is 4.79 Å². The van der Waals surface area contributed by atoms with E-state index in [9.17, 15) is 4.79 Å². The second-order valence-electron chi connectivity index (χ2n) is 2.37. The van der Waals surface area contributed by atoms with Crippen LogP contribution in [0.3, 0.4) is 0 Å². The van der Waals surface area contributed by atoms with Crippen LogP contribution in [0.25, 0.3) is 6.08 Å². The lowest BCUT2D eigenvalue weighted by Gasteiger charge is -2.01. The maximum absolute atomic E-state index is 10.2. The number of nitrogens with one attached hydrogen (secondary N) is 1. The standard InChI is InChI=1S/C9H9NO3.C2H6/c11-9(12)6-5-7-3-1-2-4-8(7)10-13;1-2/h1-6,10,13H,(H,11,12);1-2H3/b6-5+;. The molecule has 0 fully saturated rings. The summed E-state index contributed by atoms with van der Waals surface area (Å²) in [6.45, 7) is 4.00. The van der Waals surface area contributed by atoms with Crippen LogP contribution in [0.15, 0.2) is 30.3 Å². The fourth-order valence-corrected chi connectivity index (χ4v) is 0.905. The molecule has 0 saturated carbocycles. The van der Waals surface area contributed by atoms with E-state index in [1.807, 2.05) is 19.3 Å². The van der Waals surface area contributed by atoms with Crippen molar-refractivity contribution in [3.8, 4) is 0 Å². The van der Waals surface area contributed by atoms with Crippen molar-refractivity contribution in [1.29, 1.82) is 0 Å². The zero-order valence-electron chi connectivity index (χ0n) is 8.77. The highest BCUT2D eigenvalue weighted by Crippen LogP contribution is 2.15. The largest absolute Gasteiger partial charge is 0.478 e. The molecule has 0 aliphatic rings. The first-order valence-corrected chi connectivity index (χ1v) is 4.64. The van der Waals surface area contributed by atoms with Gasteiger partial charge in [-0.05, 0) is 12.1 Å². The number of rotatable bonds is 3. The van der Waals surface area contributed by atoms with E-state index in [1.165, 1.54) is 6.08 Å². The van der Waals surface area contributed by atoms with Crippen molar-refractivity contribution >= 4 is 17.7 Å². The van der Waals surface area contributed by atoms with Gasteiger partial charge in [0.15, 0.2) is 0 Å². The molecule has 3 N–H and O–H groups in total. The predicted octanol–water partition coefficient (Wildman–Crippen LogP) is 2.61. The third-order valence-corrected chi connectivity index (χ3v) is 1.49. The number of anilines is 1.